The zero-order valence-corrected chi connectivity index (χ0v) is 13.9. The summed E-state index contributed by atoms with van der Waals surface area (Å²) in [7, 11) is 0. The van der Waals surface area contributed by atoms with Crippen LogP contribution in [0.4, 0.5) is 0 Å². The van der Waals surface area contributed by atoms with Gasteiger partial charge in [0.25, 0.3) is 0 Å². The van der Waals surface area contributed by atoms with Crippen LogP contribution in [-0.2, 0) is 6.54 Å². The molecule has 1 aromatic heterocycles. The SMILES string of the molecule is Cc1cccc2nc(C(C)Cl)n(CCCC3CCCC3)c12. The highest BCUT2D eigenvalue weighted by Gasteiger charge is 2.18. The molecule has 2 nitrogen and oxygen atoms in total. The van der Waals surface area contributed by atoms with E-state index in [2.05, 4.69) is 29.7 Å². The Morgan fingerprint density at radius 2 is 2.10 bits per heavy atom. The molecule has 114 valence electrons. The van der Waals surface area contributed by atoms with Crippen LogP contribution in [0.1, 0.15) is 62.2 Å². The number of halogens is 1. The number of aryl methyl sites for hydroxylation is 2. The van der Waals surface area contributed by atoms with Gasteiger partial charge in [0.2, 0.25) is 0 Å². The van der Waals surface area contributed by atoms with Gasteiger partial charge < -0.3 is 4.57 Å². The average Bonchev–Trinajstić information content (AvgIpc) is 3.07. The quantitative estimate of drug-likeness (QED) is 0.656. The lowest BCUT2D eigenvalue weighted by molar-refractivity contribution is 0.457. The summed E-state index contributed by atoms with van der Waals surface area (Å²) in [5.41, 5.74) is 3.65. The molecule has 0 aliphatic heterocycles. The van der Waals surface area contributed by atoms with Crippen LogP contribution in [0.25, 0.3) is 11.0 Å². The van der Waals surface area contributed by atoms with E-state index in [9.17, 15) is 0 Å². The lowest BCUT2D eigenvalue weighted by atomic mass is 10.0. The second-order valence-corrected chi connectivity index (χ2v) is 7.13. The summed E-state index contributed by atoms with van der Waals surface area (Å²) in [6.45, 7) is 5.23. The molecule has 2 aromatic rings. The maximum absolute atomic E-state index is 6.35. The van der Waals surface area contributed by atoms with Crippen LogP contribution in [0.3, 0.4) is 0 Å². The Morgan fingerprint density at radius 3 is 2.81 bits per heavy atom. The van der Waals surface area contributed by atoms with Gasteiger partial charge in [0.15, 0.2) is 0 Å². The van der Waals surface area contributed by atoms with E-state index in [1.165, 1.54) is 49.6 Å². The van der Waals surface area contributed by atoms with Crippen LogP contribution in [-0.4, -0.2) is 9.55 Å². The van der Waals surface area contributed by atoms with Crippen LogP contribution in [0, 0.1) is 12.8 Å². The molecule has 0 saturated heterocycles. The fourth-order valence-electron chi connectivity index (χ4n) is 3.75. The normalized spacial score (nSPS) is 17.7. The highest BCUT2D eigenvalue weighted by Crippen LogP contribution is 2.30. The molecular weight excluding hydrogens is 280 g/mol. The summed E-state index contributed by atoms with van der Waals surface area (Å²) in [5, 5.41) is -0.0386. The molecule has 0 spiro atoms. The number of rotatable bonds is 5. The number of hydrogen-bond acceptors (Lipinski definition) is 1. The Bertz CT molecular complexity index is 609. The van der Waals surface area contributed by atoms with Gasteiger partial charge in [-0.2, -0.15) is 0 Å². The largest absolute Gasteiger partial charge is 0.327 e. The van der Waals surface area contributed by atoms with Gasteiger partial charge in [0.05, 0.1) is 16.4 Å². The van der Waals surface area contributed by atoms with Crippen molar-refractivity contribution in [3.05, 3.63) is 29.6 Å². The third-order valence-corrected chi connectivity index (χ3v) is 5.02. The molecule has 0 N–H and O–H groups in total. The minimum Gasteiger partial charge on any atom is -0.327 e. The van der Waals surface area contributed by atoms with Gasteiger partial charge >= 0.3 is 0 Å². The van der Waals surface area contributed by atoms with E-state index in [0.29, 0.717) is 0 Å². The van der Waals surface area contributed by atoms with Gasteiger partial charge in [-0.05, 0) is 44.2 Å². The van der Waals surface area contributed by atoms with E-state index >= 15 is 0 Å². The molecule has 1 aliphatic rings. The standard InChI is InChI=1S/C18H25ClN2/c1-13-7-5-11-16-17(13)21(18(20-16)14(2)19)12-6-10-15-8-3-4-9-15/h5,7,11,14-15H,3-4,6,8-10,12H2,1-2H3. The molecule has 1 fully saturated rings. The number of nitrogens with zero attached hydrogens (tertiary/aromatic N) is 2. The maximum Gasteiger partial charge on any atom is 0.127 e. The number of fused-ring (bicyclic) bond motifs is 1. The minimum absolute atomic E-state index is 0.0386. The fraction of sp³-hybridized carbons (Fsp3) is 0.611. The van der Waals surface area contributed by atoms with Crippen LogP contribution in [0.2, 0.25) is 0 Å². The van der Waals surface area contributed by atoms with Gasteiger partial charge in [0, 0.05) is 6.54 Å². The number of para-hydroxylation sites is 1. The summed E-state index contributed by atoms with van der Waals surface area (Å²) in [4.78, 5) is 4.75. The first-order valence-corrected chi connectivity index (χ1v) is 8.70. The van der Waals surface area contributed by atoms with Gasteiger partial charge in [-0.15, -0.1) is 11.6 Å². The smallest absolute Gasteiger partial charge is 0.127 e. The van der Waals surface area contributed by atoms with Crippen molar-refractivity contribution in [2.45, 2.75) is 64.3 Å². The minimum atomic E-state index is -0.0386. The van der Waals surface area contributed by atoms with Crippen molar-refractivity contribution in [3.63, 3.8) is 0 Å². The van der Waals surface area contributed by atoms with Crippen LogP contribution >= 0.6 is 11.6 Å². The Hall–Kier alpha value is -1.02. The zero-order valence-electron chi connectivity index (χ0n) is 13.1. The Kier molecular flexibility index (Phi) is 4.54. The van der Waals surface area contributed by atoms with Crippen molar-refractivity contribution in [2.24, 2.45) is 5.92 Å². The first-order valence-electron chi connectivity index (χ1n) is 8.26. The topological polar surface area (TPSA) is 17.8 Å². The number of aromatic nitrogens is 2. The summed E-state index contributed by atoms with van der Waals surface area (Å²) >= 11 is 6.35. The van der Waals surface area contributed by atoms with Crippen molar-refractivity contribution in [1.82, 2.24) is 9.55 Å². The third-order valence-electron chi connectivity index (χ3n) is 4.82. The molecule has 1 atom stereocenters. The Labute approximate surface area is 132 Å². The van der Waals surface area contributed by atoms with E-state index < -0.39 is 0 Å². The van der Waals surface area contributed by atoms with Crippen LogP contribution < -0.4 is 0 Å². The number of imidazole rings is 1. The molecule has 21 heavy (non-hydrogen) atoms. The highest BCUT2D eigenvalue weighted by atomic mass is 35.5. The molecular formula is C18H25ClN2. The molecule has 0 bridgehead atoms. The molecule has 0 radical (unpaired) electrons. The molecule has 3 heteroatoms. The average molecular weight is 305 g/mol. The predicted octanol–water partition coefficient (Wildman–Crippen LogP) is 5.61. The van der Waals surface area contributed by atoms with Crippen LogP contribution in [0.15, 0.2) is 18.2 Å². The van der Waals surface area contributed by atoms with E-state index in [4.69, 9.17) is 16.6 Å². The van der Waals surface area contributed by atoms with Gasteiger partial charge in [-0.25, -0.2) is 4.98 Å². The molecule has 1 heterocycles. The molecule has 1 saturated carbocycles. The first kappa shape index (κ1) is 14.9. The summed E-state index contributed by atoms with van der Waals surface area (Å²) in [6, 6.07) is 6.34. The Morgan fingerprint density at radius 1 is 1.33 bits per heavy atom. The van der Waals surface area contributed by atoms with E-state index in [-0.39, 0.29) is 5.38 Å². The van der Waals surface area contributed by atoms with E-state index in [0.717, 1.165) is 23.8 Å². The van der Waals surface area contributed by atoms with Crippen molar-refractivity contribution in [3.8, 4) is 0 Å². The second kappa shape index (κ2) is 6.39. The second-order valence-electron chi connectivity index (χ2n) is 6.47. The number of benzene rings is 1. The monoisotopic (exact) mass is 304 g/mol. The molecule has 1 unspecified atom stereocenters. The van der Waals surface area contributed by atoms with Crippen molar-refractivity contribution >= 4 is 22.6 Å². The van der Waals surface area contributed by atoms with Gasteiger partial charge in [-0.3, -0.25) is 0 Å². The lowest BCUT2D eigenvalue weighted by Gasteiger charge is -2.13. The van der Waals surface area contributed by atoms with E-state index in [1.807, 2.05) is 6.92 Å². The van der Waals surface area contributed by atoms with E-state index in [1.54, 1.807) is 0 Å². The maximum atomic E-state index is 6.35. The van der Waals surface area contributed by atoms with Crippen LogP contribution in [0.5, 0.6) is 0 Å². The third kappa shape index (κ3) is 3.11. The number of alkyl halides is 1. The molecule has 1 aromatic carbocycles. The summed E-state index contributed by atoms with van der Waals surface area (Å²) in [6.07, 6.45) is 8.32. The lowest BCUT2D eigenvalue weighted by Crippen LogP contribution is -2.07. The van der Waals surface area contributed by atoms with Crippen molar-refractivity contribution in [1.29, 1.82) is 0 Å². The number of hydrogen-bond donors (Lipinski definition) is 0. The molecule has 1 aliphatic carbocycles. The predicted molar refractivity (Wildman–Crippen MR) is 89.9 cm³/mol. The van der Waals surface area contributed by atoms with Crippen molar-refractivity contribution in [2.75, 3.05) is 0 Å². The van der Waals surface area contributed by atoms with Gasteiger partial charge in [0.1, 0.15) is 5.82 Å². The van der Waals surface area contributed by atoms with Crippen molar-refractivity contribution < 1.29 is 0 Å². The summed E-state index contributed by atoms with van der Waals surface area (Å²) in [5.74, 6) is 1.98. The summed E-state index contributed by atoms with van der Waals surface area (Å²) < 4.78 is 2.36. The fourth-order valence-corrected chi connectivity index (χ4v) is 3.92. The molecule has 3 rings (SSSR count). The first-order chi connectivity index (χ1) is 10.2. The highest BCUT2D eigenvalue weighted by molar-refractivity contribution is 6.20. The van der Waals surface area contributed by atoms with Gasteiger partial charge in [-0.1, -0.05) is 37.8 Å². The Balaban J connectivity index is 1.82. The zero-order chi connectivity index (χ0) is 14.8. The molecule has 0 amide bonds.